The minimum absolute atomic E-state index is 0.736. The molecule has 3 nitrogen and oxygen atoms in total. The van der Waals surface area contributed by atoms with Gasteiger partial charge in [-0.25, -0.2) is 4.98 Å². The molecule has 0 amide bonds. The van der Waals surface area contributed by atoms with Gasteiger partial charge < -0.3 is 10.3 Å². The SMILES string of the molecule is CCNCc1cnc(C2CC2)[nH]1. The fourth-order valence-electron chi connectivity index (χ4n) is 1.29. The maximum atomic E-state index is 4.34. The van der Waals surface area contributed by atoms with Crippen LogP contribution in [-0.4, -0.2) is 16.5 Å². The van der Waals surface area contributed by atoms with Crippen LogP contribution in [-0.2, 0) is 6.54 Å². The summed E-state index contributed by atoms with van der Waals surface area (Å²) in [5.41, 5.74) is 1.21. The highest BCUT2D eigenvalue weighted by Crippen LogP contribution is 2.37. The molecule has 1 aromatic heterocycles. The predicted molar refractivity (Wildman–Crippen MR) is 47.9 cm³/mol. The number of nitrogens with one attached hydrogen (secondary N) is 2. The van der Waals surface area contributed by atoms with Crippen molar-refractivity contribution in [3.05, 3.63) is 17.7 Å². The van der Waals surface area contributed by atoms with Crippen LogP contribution in [0.4, 0.5) is 0 Å². The molecular weight excluding hydrogens is 150 g/mol. The zero-order valence-electron chi connectivity index (χ0n) is 7.43. The van der Waals surface area contributed by atoms with Crippen molar-refractivity contribution in [2.24, 2.45) is 0 Å². The fourth-order valence-corrected chi connectivity index (χ4v) is 1.29. The average Bonchev–Trinajstić information content (AvgIpc) is 2.83. The zero-order valence-corrected chi connectivity index (χ0v) is 7.43. The number of hydrogen-bond donors (Lipinski definition) is 2. The van der Waals surface area contributed by atoms with E-state index in [1.807, 2.05) is 6.20 Å². The molecule has 1 aromatic rings. The van der Waals surface area contributed by atoms with Crippen LogP contribution < -0.4 is 5.32 Å². The first kappa shape index (κ1) is 7.80. The van der Waals surface area contributed by atoms with Gasteiger partial charge in [-0.05, 0) is 19.4 Å². The molecule has 1 saturated carbocycles. The molecule has 0 atom stereocenters. The number of H-pyrrole nitrogens is 1. The summed E-state index contributed by atoms with van der Waals surface area (Å²) in [5.74, 6) is 1.92. The quantitative estimate of drug-likeness (QED) is 0.708. The van der Waals surface area contributed by atoms with E-state index in [1.165, 1.54) is 24.4 Å². The minimum Gasteiger partial charge on any atom is -0.345 e. The molecule has 0 bridgehead atoms. The molecule has 1 heterocycles. The van der Waals surface area contributed by atoms with Gasteiger partial charge in [0.25, 0.3) is 0 Å². The summed E-state index contributed by atoms with van der Waals surface area (Å²) in [6.45, 7) is 4.03. The topological polar surface area (TPSA) is 40.7 Å². The van der Waals surface area contributed by atoms with Crippen molar-refractivity contribution in [3.8, 4) is 0 Å². The summed E-state index contributed by atoms with van der Waals surface area (Å²) < 4.78 is 0. The van der Waals surface area contributed by atoms with Gasteiger partial charge in [-0.3, -0.25) is 0 Å². The van der Waals surface area contributed by atoms with E-state index in [-0.39, 0.29) is 0 Å². The second kappa shape index (κ2) is 3.27. The molecule has 0 spiro atoms. The second-order valence-electron chi connectivity index (χ2n) is 3.35. The number of rotatable bonds is 4. The van der Waals surface area contributed by atoms with Crippen molar-refractivity contribution in [1.82, 2.24) is 15.3 Å². The molecule has 0 aliphatic heterocycles. The molecule has 0 unspecified atom stereocenters. The average molecular weight is 165 g/mol. The van der Waals surface area contributed by atoms with E-state index in [0.29, 0.717) is 0 Å². The van der Waals surface area contributed by atoms with E-state index in [9.17, 15) is 0 Å². The second-order valence-corrected chi connectivity index (χ2v) is 3.35. The van der Waals surface area contributed by atoms with Crippen molar-refractivity contribution in [2.75, 3.05) is 6.54 Å². The lowest BCUT2D eigenvalue weighted by Gasteiger charge is -1.96. The maximum absolute atomic E-state index is 4.34. The smallest absolute Gasteiger partial charge is 0.109 e. The van der Waals surface area contributed by atoms with Gasteiger partial charge in [0.2, 0.25) is 0 Å². The van der Waals surface area contributed by atoms with Crippen LogP contribution in [0.5, 0.6) is 0 Å². The summed E-state index contributed by atoms with van der Waals surface area (Å²) in [6, 6.07) is 0. The number of aromatic nitrogens is 2. The predicted octanol–water partition coefficient (Wildman–Crippen LogP) is 1.40. The van der Waals surface area contributed by atoms with Gasteiger partial charge in [-0.1, -0.05) is 6.92 Å². The lowest BCUT2D eigenvalue weighted by atomic mass is 10.4. The van der Waals surface area contributed by atoms with Crippen molar-refractivity contribution in [1.29, 1.82) is 0 Å². The van der Waals surface area contributed by atoms with Crippen LogP contribution in [0, 0.1) is 0 Å². The van der Waals surface area contributed by atoms with Crippen LogP contribution in [0.1, 0.15) is 37.2 Å². The molecule has 2 N–H and O–H groups in total. The van der Waals surface area contributed by atoms with Gasteiger partial charge in [0.05, 0.1) is 0 Å². The van der Waals surface area contributed by atoms with Gasteiger partial charge in [0, 0.05) is 24.4 Å². The van der Waals surface area contributed by atoms with Crippen molar-refractivity contribution in [2.45, 2.75) is 32.2 Å². The number of hydrogen-bond acceptors (Lipinski definition) is 2. The zero-order chi connectivity index (χ0) is 8.39. The standard InChI is InChI=1S/C9H15N3/c1-2-10-5-8-6-11-9(12-8)7-3-4-7/h6-7,10H,2-5H2,1H3,(H,11,12). The molecule has 1 fully saturated rings. The summed E-state index contributed by atoms with van der Waals surface area (Å²) >= 11 is 0. The van der Waals surface area contributed by atoms with Gasteiger partial charge in [-0.2, -0.15) is 0 Å². The van der Waals surface area contributed by atoms with Gasteiger partial charge in [-0.15, -0.1) is 0 Å². The Kier molecular flexibility index (Phi) is 2.13. The van der Waals surface area contributed by atoms with E-state index in [2.05, 4.69) is 22.2 Å². The molecule has 0 aromatic carbocycles. The third kappa shape index (κ3) is 1.67. The van der Waals surface area contributed by atoms with Crippen molar-refractivity contribution < 1.29 is 0 Å². The first-order chi connectivity index (χ1) is 5.90. The van der Waals surface area contributed by atoms with Gasteiger partial charge >= 0.3 is 0 Å². The monoisotopic (exact) mass is 165 g/mol. The Hall–Kier alpha value is -0.830. The lowest BCUT2D eigenvalue weighted by molar-refractivity contribution is 0.712. The maximum Gasteiger partial charge on any atom is 0.109 e. The Balaban J connectivity index is 1.93. The first-order valence-corrected chi connectivity index (χ1v) is 4.64. The third-order valence-corrected chi connectivity index (χ3v) is 2.18. The fraction of sp³-hybridized carbons (Fsp3) is 0.667. The number of aromatic amines is 1. The summed E-state index contributed by atoms with van der Waals surface area (Å²) in [4.78, 5) is 7.67. The Labute approximate surface area is 72.6 Å². The molecular formula is C9H15N3. The molecule has 3 heteroatoms. The molecule has 1 aliphatic rings. The number of imidazole rings is 1. The highest BCUT2D eigenvalue weighted by Gasteiger charge is 2.26. The van der Waals surface area contributed by atoms with E-state index in [0.717, 1.165) is 19.0 Å². The summed E-state index contributed by atoms with van der Waals surface area (Å²) in [6.07, 6.45) is 4.57. The lowest BCUT2D eigenvalue weighted by Crippen LogP contribution is -2.11. The van der Waals surface area contributed by atoms with Crippen LogP contribution in [0.2, 0.25) is 0 Å². The number of nitrogens with zero attached hydrogens (tertiary/aromatic N) is 1. The van der Waals surface area contributed by atoms with Crippen molar-refractivity contribution >= 4 is 0 Å². The highest BCUT2D eigenvalue weighted by atomic mass is 15.0. The van der Waals surface area contributed by atoms with Crippen molar-refractivity contribution in [3.63, 3.8) is 0 Å². The molecule has 1 aliphatic carbocycles. The van der Waals surface area contributed by atoms with Crippen LogP contribution in [0.15, 0.2) is 6.20 Å². The first-order valence-electron chi connectivity index (χ1n) is 4.64. The summed E-state index contributed by atoms with van der Waals surface area (Å²) in [5, 5.41) is 3.27. The Morgan fingerprint density at radius 1 is 1.67 bits per heavy atom. The molecule has 0 radical (unpaired) electrons. The Bertz CT molecular complexity index is 250. The molecule has 0 saturated heterocycles. The molecule has 2 rings (SSSR count). The van der Waals surface area contributed by atoms with E-state index >= 15 is 0 Å². The molecule has 12 heavy (non-hydrogen) atoms. The van der Waals surface area contributed by atoms with Crippen LogP contribution in [0.25, 0.3) is 0 Å². The highest BCUT2D eigenvalue weighted by molar-refractivity contribution is 5.10. The van der Waals surface area contributed by atoms with Gasteiger partial charge in [0.1, 0.15) is 5.82 Å². The largest absolute Gasteiger partial charge is 0.345 e. The van der Waals surface area contributed by atoms with Crippen LogP contribution >= 0.6 is 0 Å². The summed E-state index contributed by atoms with van der Waals surface area (Å²) in [7, 11) is 0. The Morgan fingerprint density at radius 2 is 2.50 bits per heavy atom. The third-order valence-electron chi connectivity index (χ3n) is 2.18. The minimum atomic E-state index is 0.736. The van der Waals surface area contributed by atoms with E-state index in [4.69, 9.17) is 0 Å². The van der Waals surface area contributed by atoms with Gasteiger partial charge in [0.15, 0.2) is 0 Å². The molecule has 66 valence electrons. The van der Waals surface area contributed by atoms with E-state index < -0.39 is 0 Å². The Morgan fingerprint density at radius 3 is 3.17 bits per heavy atom. The van der Waals surface area contributed by atoms with Crippen LogP contribution in [0.3, 0.4) is 0 Å². The van der Waals surface area contributed by atoms with E-state index in [1.54, 1.807) is 0 Å². The normalized spacial score (nSPS) is 16.8.